The number of rotatable bonds is 7. The van der Waals surface area contributed by atoms with Gasteiger partial charge < -0.3 is 15.7 Å². The molecule has 4 aromatic rings. The average molecular weight is 388 g/mol. The molecule has 0 fully saturated rings. The van der Waals surface area contributed by atoms with E-state index < -0.39 is 0 Å². The number of aryl methyl sites for hydroxylation is 3. The van der Waals surface area contributed by atoms with Crippen LogP contribution in [0.3, 0.4) is 0 Å². The van der Waals surface area contributed by atoms with E-state index in [0.29, 0.717) is 24.7 Å². The quantitative estimate of drug-likeness (QED) is 0.437. The van der Waals surface area contributed by atoms with Crippen molar-refractivity contribution >= 4 is 34.2 Å². The van der Waals surface area contributed by atoms with Crippen molar-refractivity contribution in [2.24, 2.45) is 0 Å². The summed E-state index contributed by atoms with van der Waals surface area (Å²) in [6.07, 6.45) is 2.39. The molecule has 2 aromatic heterocycles. The molecule has 0 atom stereocenters. The van der Waals surface area contributed by atoms with Gasteiger partial charge in [-0.05, 0) is 43.5 Å². The number of aromatic nitrogens is 4. The Kier molecular flexibility index (Phi) is 5.39. The number of nitrogens with zero attached hydrogens (tertiary/aromatic N) is 4. The molecule has 4 rings (SSSR count). The highest BCUT2D eigenvalue weighted by Gasteiger charge is 2.15. The lowest BCUT2D eigenvalue weighted by atomic mass is 10.1. The maximum Gasteiger partial charge on any atom is 0.229 e. The summed E-state index contributed by atoms with van der Waals surface area (Å²) in [6.45, 7) is 4.81. The molecule has 0 unspecified atom stereocenters. The van der Waals surface area contributed by atoms with Gasteiger partial charge in [0, 0.05) is 30.7 Å². The highest BCUT2D eigenvalue weighted by molar-refractivity contribution is 5.90. The summed E-state index contributed by atoms with van der Waals surface area (Å²) in [5.41, 5.74) is 4.97. The maximum atomic E-state index is 9.26. The minimum Gasteiger partial charge on any atom is -0.396 e. The standard InChI is InChI=1S/C22H24N6O/c1-15-8-6-9-16(2)19(15)25-20-18-14-23-22(24-17-10-4-3-5-11-17)26-21(18)28(27-20)12-7-13-29/h3-6,8-11,14,29H,7,12-13H2,1-2H3,(H,25,27)(H,23,24,26). The predicted octanol–water partition coefficient (Wildman–Crippen LogP) is 4.31. The van der Waals surface area contributed by atoms with Crippen molar-refractivity contribution in [3.05, 3.63) is 65.9 Å². The first-order valence-electron chi connectivity index (χ1n) is 9.65. The summed E-state index contributed by atoms with van der Waals surface area (Å²) in [5, 5.41) is 21.5. The van der Waals surface area contributed by atoms with E-state index in [1.54, 1.807) is 6.20 Å². The Labute approximate surface area is 169 Å². The number of nitrogens with one attached hydrogen (secondary N) is 2. The van der Waals surface area contributed by atoms with Crippen LogP contribution in [0.15, 0.2) is 54.7 Å². The van der Waals surface area contributed by atoms with Crippen molar-refractivity contribution in [3.63, 3.8) is 0 Å². The molecule has 0 aliphatic carbocycles. The summed E-state index contributed by atoms with van der Waals surface area (Å²) in [4.78, 5) is 9.17. The first-order valence-corrected chi connectivity index (χ1v) is 9.65. The number of fused-ring (bicyclic) bond motifs is 1. The third-order valence-corrected chi connectivity index (χ3v) is 4.77. The van der Waals surface area contributed by atoms with Gasteiger partial charge in [-0.1, -0.05) is 36.4 Å². The van der Waals surface area contributed by atoms with Crippen LogP contribution >= 0.6 is 0 Å². The highest BCUT2D eigenvalue weighted by atomic mass is 16.3. The fraction of sp³-hybridized carbons (Fsp3) is 0.227. The van der Waals surface area contributed by atoms with Gasteiger partial charge in [-0.3, -0.25) is 0 Å². The van der Waals surface area contributed by atoms with Gasteiger partial charge in [0.25, 0.3) is 0 Å². The van der Waals surface area contributed by atoms with E-state index in [0.717, 1.165) is 33.5 Å². The van der Waals surface area contributed by atoms with E-state index >= 15 is 0 Å². The molecule has 0 radical (unpaired) electrons. The average Bonchev–Trinajstić information content (AvgIpc) is 3.07. The number of para-hydroxylation sites is 2. The third-order valence-electron chi connectivity index (χ3n) is 4.77. The zero-order valence-corrected chi connectivity index (χ0v) is 16.6. The van der Waals surface area contributed by atoms with Gasteiger partial charge in [0.15, 0.2) is 11.5 Å². The number of aliphatic hydroxyl groups excluding tert-OH is 1. The molecule has 3 N–H and O–H groups in total. The maximum absolute atomic E-state index is 9.26. The fourth-order valence-electron chi connectivity index (χ4n) is 3.27. The molecule has 0 bridgehead atoms. The molecular weight excluding hydrogens is 364 g/mol. The van der Waals surface area contributed by atoms with Gasteiger partial charge in [-0.15, -0.1) is 0 Å². The van der Waals surface area contributed by atoms with Gasteiger partial charge in [-0.25, -0.2) is 9.67 Å². The summed E-state index contributed by atoms with van der Waals surface area (Å²) in [5.74, 6) is 1.22. The normalized spacial score (nSPS) is 11.0. The first-order chi connectivity index (χ1) is 14.2. The molecule has 148 valence electrons. The monoisotopic (exact) mass is 388 g/mol. The SMILES string of the molecule is Cc1cccc(C)c1Nc1nn(CCCO)c2nc(Nc3ccccc3)ncc12. The van der Waals surface area contributed by atoms with Crippen LogP contribution in [-0.4, -0.2) is 31.5 Å². The number of anilines is 4. The smallest absolute Gasteiger partial charge is 0.229 e. The molecule has 7 heteroatoms. The zero-order valence-electron chi connectivity index (χ0n) is 16.6. The number of benzene rings is 2. The predicted molar refractivity (Wildman–Crippen MR) is 116 cm³/mol. The zero-order chi connectivity index (χ0) is 20.2. The minimum atomic E-state index is 0.0984. The molecule has 2 aromatic carbocycles. The highest BCUT2D eigenvalue weighted by Crippen LogP contribution is 2.29. The van der Waals surface area contributed by atoms with Crippen molar-refractivity contribution in [2.75, 3.05) is 17.2 Å². The second-order valence-electron chi connectivity index (χ2n) is 6.96. The lowest BCUT2D eigenvalue weighted by Gasteiger charge is -2.10. The molecule has 0 amide bonds. The van der Waals surface area contributed by atoms with Gasteiger partial charge in [0.2, 0.25) is 5.95 Å². The Balaban J connectivity index is 1.73. The summed E-state index contributed by atoms with van der Waals surface area (Å²) in [7, 11) is 0. The third kappa shape index (κ3) is 4.05. The van der Waals surface area contributed by atoms with Crippen LogP contribution in [0.2, 0.25) is 0 Å². The van der Waals surface area contributed by atoms with Crippen molar-refractivity contribution in [3.8, 4) is 0 Å². The van der Waals surface area contributed by atoms with Crippen LogP contribution in [0.5, 0.6) is 0 Å². The molecule has 0 saturated heterocycles. The Hall–Kier alpha value is -3.45. The largest absolute Gasteiger partial charge is 0.396 e. The Morgan fingerprint density at radius 3 is 2.45 bits per heavy atom. The van der Waals surface area contributed by atoms with Crippen molar-refractivity contribution in [1.82, 2.24) is 19.7 Å². The lowest BCUT2D eigenvalue weighted by Crippen LogP contribution is -2.05. The van der Waals surface area contributed by atoms with Gasteiger partial charge in [0.1, 0.15) is 0 Å². The van der Waals surface area contributed by atoms with E-state index in [1.807, 2.05) is 41.1 Å². The molecule has 0 aliphatic heterocycles. The van der Waals surface area contributed by atoms with Crippen LogP contribution in [0, 0.1) is 13.8 Å². The number of hydrogen-bond donors (Lipinski definition) is 3. The van der Waals surface area contributed by atoms with E-state index in [4.69, 9.17) is 5.10 Å². The van der Waals surface area contributed by atoms with Crippen LogP contribution in [0.4, 0.5) is 23.1 Å². The topological polar surface area (TPSA) is 87.9 Å². The molecule has 7 nitrogen and oxygen atoms in total. The molecule has 0 spiro atoms. The fourth-order valence-corrected chi connectivity index (χ4v) is 3.27. The van der Waals surface area contributed by atoms with E-state index in [2.05, 4.69) is 46.6 Å². The Bertz CT molecular complexity index is 1100. The van der Waals surface area contributed by atoms with Gasteiger partial charge in [-0.2, -0.15) is 10.1 Å². The Morgan fingerprint density at radius 1 is 0.966 bits per heavy atom. The minimum absolute atomic E-state index is 0.0984. The van der Waals surface area contributed by atoms with Crippen molar-refractivity contribution in [2.45, 2.75) is 26.8 Å². The summed E-state index contributed by atoms with van der Waals surface area (Å²) >= 11 is 0. The summed E-state index contributed by atoms with van der Waals surface area (Å²) < 4.78 is 1.82. The number of hydrogen-bond acceptors (Lipinski definition) is 6. The van der Waals surface area contributed by atoms with Gasteiger partial charge in [0.05, 0.1) is 5.39 Å². The molecule has 0 aliphatic rings. The van der Waals surface area contributed by atoms with Crippen molar-refractivity contribution < 1.29 is 5.11 Å². The Morgan fingerprint density at radius 2 is 1.72 bits per heavy atom. The van der Waals surface area contributed by atoms with E-state index in [1.165, 1.54) is 0 Å². The van der Waals surface area contributed by atoms with E-state index in [9.17, 15) is 5.11 Å². The van der Waals surface area contributed by atoms with Crippen LogP contribution in [0.25, 0.3) is 11.0 Å². The molecular formula is C22H24N6O. The second-order valence-corrected chi connectivity index (χ2v) is 6.96. The molecule has 29 heavy (non-hydrogen) atoms. The first kappa shape index (κ1) is 18.9. The van der Waals surface area contributed by atoms with Crippen LogP contribution < -0.4 is 10.6 Å². The van der Waals surface area contributed by atoms with Crippen LogP contribution in [-0.2, 0) is 6.54 Å². The lowest BCUT2D eigenvalue weighted by molar-refractivity contribution is 0.278. The van der Waals surface area contributed by atoms with Crippen LogP contribution in [0.1, 0.15) is 17.5 Å². The number of aliphatic hydroxyl groups is 1. The second kappa shape index (κ2) is 8.28. The van der Waals surface area contributed by atoms with Crippen molar-refractivity contribution in [1.29, 1.82) is 0 Å². The summed E-state index contributed by atoms with van der Waals surface area (Å²) in [6, 6.07) is 16.0. The molecule has 0 saturated carbocycles. The molecule has 2 heterocycles. The van der Waals surface area contributed by atoms with E-state index in [-0.39, 0.29) is 6.61 Å². The van der Waals surface area contributed by atoms with Gasteiger partial charge >= 0.3 is 0 Å².